The number of hydrogen-bond acceptors (Lipinski definition) is 2. The number of nitriles is 1. The lowest BCUT2D eigenvalue weighted by molar-refractivity contribution is 0.785. The molecule has 0 spiro atoms. The van der Waals surface area contributed by atoms with Crippen molar-refractivity contribution in [2.45, 2.75) is 13.8 Å². The Hall–Kier alpha value is -1.20. The maximum atomic E-state index is 8.63. The Balaban J connectivity index is 2.72. The monoisotopic (exact) mass is 208 g/mol. The van der Waals surface area contributed by atoms with E-state index in [4.69, 9.17) is 16.9 Å². The van der Waals surface area contributed by atoms with Gasteiger partial charge in [-0.3, -0.25) is 0 Å². The molecule has 1 aromatic carbocycles. The second kappa shape index (κ2) is 4.88. The summed E-state index contributed by atoms with van der Waals surface area (Å²) in [7, 11) is 0. The van der Waals surface area contributed by atoms with Crippen molar-refractivity contribution in [2.75, 3.05) is 11.9 Å². The molecule has 1 atom stereocenters. The molecule has 0 aliphatic carbocycles. The van der Waals surface area contributed by atoms with Crippen LogP contribution in [0.4, 0.5) is 5.69 Å². The molecule has 0 aliphatic rings. The van der Waals surface area contributed by atoms with Crippen molar-refractivity contribution in [3.05, 3.63) is 28.8 Å². The van der Waals surface area contributed by atoms with E-state index in [1.807, 2.05) is 32.0 Å². The Morgan fingerprint density at radius 1 is 1.57 bits per heavy atom. The number of benzene rings is 1. The molecule has 0 amide bonds. The minimum atomic E-state index is -0.00864. The highest BCUT2D eigenvalue weighted by Crippen LogP contribution is 2.25. The minimum Gasteiger partial charge on any atom is -0.382 e. The van der Waals surface area contributed by atoms with Gasteiger partial charge in [0.2, 0.25) is 0 Å². The lowest BCUT2D eigenvalue weighted by atomic mass is 10.1. The largest absolute Gasteiger partial charge is 0.382 e. The highest BCUT2D eigenvalue weighted by Gasteiger charge is 2.04. The topological polar surface area (TPSA) is 35.8 Å². The molecule has 0 saturated heterocycles. The molecule has 1 N–H and O–H groups in total. The van der Waals surface area contributed by atoms with Gasteiger partial charge in [0.1, 0.15) is 0 Å². The van der Waals surface area contributed by atoms with Crippen LogP contribution in [0.25, 0.3) is 0 Å². The van der Waals surface area contributed by atoms with E-state index in [1.165, 1.54) is 0 Å². The molecule has 0 saturated carbocycles. The first kappa shape index (κ1) is 10.9. The quantitative estimate of drug-likeness (QED) is 0.828. The summed E-state index contributed by atoms with van der Waals surface area (Å²) in [6, 6.07) is 7.91. The number of anilines is 1. The number of nitrogens with one attached hydrogen (secondary N) is 1. The van der Waals surface area contributed by atoms with Crippen molar-refractivity contribution in [3.8, 4) is 6.07 Å². The first-order valence-corrected chi connectivity index (χ1v) is 4.91. The molecule has 0 heterocycles. The molecule has 2 nitrogen and oxygen atoms in total. The molecular weight excluding hydrogens is 196 g/mol. The fraction of sp³-hybridized carbons (Fsp3) is 0.364. The molecular formula is C11H13ClN2. The van der Waals surface area contributed by atoms with Crippen molar-refractivity contribution in [1.29, 1.82) is 5.26 Å². The summed E-state index contributed by atoms with van der Waals surface area (Å²) in [5.74, 6) is -0.00864. The first-order valence-electron chi connectivity index (χ1n) is 4.53. The number of aryl methyl sites for hydroxylation is 1. The van der Waals surface area contributed by atoms with E-state index < -0.39 is 0 Å². The third-order valence-electron chi connectivity index (χ3n) is 2.03. The predicted octanol–water partition coefficient (Wildman–Crippen LogP) is 3.22. The molecule has 0 bridgehead atoms. The number of halogens is 1. The van der Waals surface area contributed by atoms with Crippen LogP contribution in [0.2, 0.25) is 5.02 Å². The van der Waals surface area contributed by atoms with Crippen LogP contribution >= 0.6 is 11.6 Å². The molecule has 14 heavy (non-hydrogen) atoms. The standard InChI is InChI=1S/C11H13ClN2/c1-8(6-13)7-14-11-9(2)4-3-5-10(11)12/h3-5,8,14H,7H2,1-2H3. The van der Waals surface area contributed by atoms with Gasteiger partial charge in [-0.15, -0.1) is 0 Å². The van der Waals surface area contributed by atoms with Crippen molar-refractivity contribution in [2.24, 2.45) is 5.92 Å². The summed E-state index contributed by atoms with van der Waals surface area (Å²) in [5.41, 5.74) is 2.03. The first-order chi connectivity index (χ1) is 6.65. The summed E-state index contributed by atoms with van der Waals surface area (Å²) < 4.78 is 0. The van der Waals surface area contributed by atoms with Crippen molar-refractivity contribution < 1.29 is 0 Å². The van der Waals surface area contributed by atoms with Gasteiger partial charge in [-0.25, -0.2) is 0 Å². The van der Waals surface area contributed by atoms with E-state index in [1.54, 1.807) is 0 Å². The average molecular weight is 209 g/mol. The Labute approximate surface area is 89.5 Å². The second-order valence-corrected chi connectivity index (χ2v) is 3.75. The van der Waals surface area contributed by atoms with Crippen LogP contribution in [-0.2, 0) is 0 Å². The van der Waals surface area contributed by atoms with E-state index in [-0.39, 0.29) is 5.92 Å². The number of hydrogen-bond donors (Lipinski definition) is 1. The zero-order valence-electron chi connectivity index (χ0n) is 8.34. The van der Waals surface area contributed by atoms with Gasteiger partial charge in [-0.05, 0) is 25.5 Å². The molecule has 0 aromatic heterocycles. The zero-order valence-corrected chi connectivity index (χ0v) is 9.10. The van der Waals surface area contributed by atoms with Crippen LogP contribution in [0.3, 0.4) is 0 Å². The van der Waals surface area contributed by atoms with Crippen LogP contribution in [-0.4, -0.2) is 6.54 Å². The third-order valence-corrected chi connectivity index (χ3v) is 2.34. The van der Waals surface area contributed by atoms with Crippen LogP contribution < -0.4 is 5.32 Å². The zero-order chi connectivity index (χ0) is 10.6. The van der Waals surface area contributed by atoms with Gasteiger partial charge in [-0.1, -0.05) is 23.7 Å². The molecule has 1 rings (SSSR count). The summed E-state index contributed by atoms with van der Waals surface area (Å²) in [6.07, 6.45) is 0. The van der Waals surface area contributed by atoms with Crippen LogP contribution in [0.5, 0.6) is 0 Å². The lowest BCUT2D eigenvalue weighted by Gasteiger charge is -2.11. The van der Waals surface area contributed by atoms with E-state index in [0.29, 0.717) is 11.6 Å². The molecule has 3 heteroatoms. The number of para-hydroxylation sites is 1. The van der Waals surface area contributed by atoms with Crippen molar-refractivity contribution in [1.82, 2.24) is 0 Å². The molecule has 74 valence electrons. The van der Waals surface area contributed by atoms with E-state index in [0.717, 1.165) is 11.3 Å². The summed E-state index contributed by atoms with van der Waals surface area (Å²) in [6.45, 7) is 4.49. The SMILES string of the molecule is Cc1cccc(Cl)c1NCC(C)C#N. The molecule has 0 radical (unpaired) electrons. The van der Waals surface area contributed by atoms with Crippen LogP contribution in [0.15, 0.2) is 18.2 Å². The van der Waals surface area contributed by atoms with Crippen LogP contribution in [0.1, 0.15) is 12.5 Å². The fourth-order valence-electron chi connectivity index (χ4n) is 1.16. The van der Waals surface area contributed by atoms with Crippen molar-refractivity contribution >= 4 is 17.3 Å². The lowest BCUT2D eigenvalue weighted by Crippen LogP contribution is -2.10. The summed E-state index contributed by atoms with van der Waals surface area (Å²) in [4.78, 5) is 0. The van der Waals surface area contributed by atoms with Gasteiger partial charge in [0.05, 0.1) is 22.7 Å². The third kappa shape index (κ3) is 2.65. The fourth-order valence-corrected chi connectivity index (χ4v) is 1.45. The summed E-state index contributed by atoms with van der Waals surface area (Å²) in [5, 5.41) is 12.5. The average Bonchev–Trinajstić information content (AvgIpc) is 2.16. The van der Waals surface area contributed by atoms with Gasteiger partial charge in [0.25, 0.3) is 0 Å². The molecule has 1 unspecified atom stereocenters. The van der Waals surface area contributed by atoms with E-state index >= 15 is 0 Å². The summed E-state index contributed by atoms with van der Waals surface area (Å²) >= 11 is 6.01. The maximum absolute atomic E-state index is 8.63. The van der Waals surface area contributed by atoms with Crippen molar-refractivity contribution in [3.63, 3.8) is 0 Å². The predicted molar refractivity (Wildman–Crippen MR) is 59.5 cm³/mol. The minimum absolute atomic E-state index is 0.00864. The van der Waals surface area contributed by atoms with Gasteiger partial charge in [0, 0.05) is 6.54 Å². The van der Waals surface area contributed by atoms with E-state index in [9.17, 15) is 0 Å². The van der Waals surface area contributed by atoms with Crippen LogP contribution in [0, 0.1) is 24.2 Å². The second-order valence-electron chi connectivity index (χ2n) is 3.34. The number of nitrogens with zero attached hydrogens (tertiary/aromatic N) is 1. The number of rotatable bonds is 3. The van der Waals surface area contributed by atoms with Gasteiger partial charge >= 0.3 is 0 Å². The molecule has 0 fully saturated rings. The van der Waals surface area contributed by atoms with Gasteiger partial charge < -0.3 is 5.32 Å². The highest BCUT2D eigenvalue weighted by molar-refractivity contribution is 6.33. The van der Waals surface area contributed by atoms with E-state index in [2.05, 4.69) is 11.4 Å². The highest BCUT2D eigenvalue weighted by atomic mass is 35.5. The maximum Gasteiger partial charge on any atom is 0.0671 e. The normalized spacial score (nSPS) is 11.9. The molecule has 1 aromatic rings. The Morgan fingerprint density at radius 3 is 2.86 bits per heavy atom. The Morgan fingerprint density at radius 2 is 2.29 bits per heavy atom. The smallest absolute Gasteiger partial charge is 0.0671 e. The Bertz CT molecular complexity index is 335. The molecule has 0 aliphatic heterocycles. The van der Waals surface area contributed by atoms with Gasteiger partial charge in [-0.2, -0.15) is 5.26 Å². The van der Waals surface area contributed by atoms with Gasteiger partial charge in [0.15, 0.2) is 0 Å². The Kier molecular flexibility index (Phi) is 3.79.